The number of carbonyl (C=O) groups is 2. The summed E-state index contributed by atoms with van der Waals surface area (Å²) in [5.41, 5.74) is 6.47. The van der Waals surface area contributed by atoms with Crippen LogP contribution in [0.4, 0.5) is 5.69 Å². The van der Waals surface area contributed by atoms with Crippen LogP contribution >= 0.6 is 0 Å². The Labute approximate surface area is 188 Å². The fourth-order valence-electron chi connectivity index (χ4n) is 3.68. The summed E-state index contributed by atoms with van der Waals surface area (Å²) in [5.74, 6) is 0.279. The number of ether oxygens (including phenoxy) is 1. The molecule has 6 nitrogen and oxygen atoms in total. The molecule has 0 bridgehead atoms. The molecule has 1 amide bonds. The number of benzene rings is 2. The Morgan fingerprint density at radius 3 is 2.38 bits per heavy atom. The molecule has 2 aromatic carbocycles. The highest BCUT2D eigenvalue weighted by atomic mass is 16.5. The number of hydrogen-bond acceptors (Lipinski definition) is 4. The normalized spacial score (nSPS) is 13.3. The number of anilines is 1. The average molecular weight is 432 g/mol. The van der Waals surface area contributed by atoms with Crippen molar-refractivity contribution in [2.75, 3.05) is 5.32 Å². The predicted octanol–water partition coefficient (Wildman–Crippen LogP) is 5.55. The van der Waals surface area contributed by atoms with Crippen LogP contribution in [0.1, 0.15) is 56.4 Å². The molecule has 0 aliphatic heterocycles. The van der Waals surface area contributed by atoms with E-state index in [1.54, 1.807) is 4.68 Å². The second-order valence-electron chi connectivity index (χ2n) is 8.86. The van der Waals surface area contributed by atoms with Gasteiger partial charge < -0.3 is 10.1 Å². The van der Waals surface area contributed by atoms with Crippen LogP contribution in [0, 0.1) is 19.8 Å². The number of nitrogens with one attached hydrogen (secondary N) is 1. The highest BCUT2D eigenvalue weighted by Crippen LogP contribution is 2.48. The minimum atomic E-state index is -0.388. The van der Waals surface area contributed by atoms with E-state index in [0.717, 1.165) is 52.2 Å². The van der Waals surface area contributed by atoms with Gasteiger partial charge in [0.15, 0.2) is 0 Å². The first-order valence-electron chi connectivity index (χ1n) is 11.0. The SMILES string of the molecule is CC(=O)Oc1c(-c2ccc(NC(=O)C(C)C)cc2)c(C2CC2)nn1-c1cc(C)ccc1C. The monoisotopic (exact) mass is 431 g/mol. The quantitative estimate of drug-likeness (QED) is 0.519. The summed E-state index contributed by atoms with van der Waals surface area (Å²) in [5, 5.41) is 7.85. The van der Waals surface area contributed by atoms with Gasteiger partial charge >= 0.3 is 5.97 Å². The van der Waals surface area contributed by atoms with Gasteiger partial charge in [-0.25, -0.2) is 0 Å². The second kappa shape index (κ2) is 8.61. The molecule has 0 spiro atoms. The first-order valence-corrected chi connectivity index (χ1v) is 11.0. The molecule has 1 aliphatic rings. The van der Waals surface area contributed by atoms with Gasteiger partial charge in [-0.2, -0.15) is 9.78 Å². The summed E-state index contributed by atoms with van der Waals surface area (Å²) in [6.45, 7) is 9.18. The maximum atomic E-state index is 12.1. The van der Waals surface area contributed by atoms with Crippen molar-refractivity contribution >= 4 is 17.6 Å². The largest absolute Gasteiger partial charge is 0.407 e. The van der Waals surface area contributed by atoms with Crippen LogP contribution in [0.2, 0.25) is 0 Å². The highest BCUT2D eigenvalue weighted by Gasteiger charge is 2.34. The maximum absolute atomic E-state index is 12.1. The average Bonchev–Trinajstić information content (AvgIpc) is 3.52. The summed E-state index contributed by atoms with van der Waals surface area (Å²) in [6, 6.07) is 13.8. The zero-order valence-electron chi connectivity index (χ0n) is 19.2. The Balaban J connectivity index is 1.84. The molecule has 1 N–H and O–H groups in total. The van der Waals surface area contributed by atoms with Crippen LogP contribution in [0.3, 0.4) is 0 Å². The van der Waals surface area contributed by atoms with Crippen molar-refractivity contribution in [3.8, 4) is 22.7 Å². The lowest BCUT2D eigenvalue weighted by molar-refractivity contribution is -0.132. The van der Waals surface area contributed by atoms with E-state index in [1.165, 1.54) is 6.92 Å². The zero-order chi connectivity index (χ0) is 23.0. The molecule has 1 fully saturated rings. The smallest absolute Gasteiger partial charge is 0.309 e. The van der Waals surface area contributed by atoms with Crippen molar-refractivity contribution in [3.63, 3.8) is 0 Å². The molecule has 0 unspecified atom stereocenters. The third-order valence-corrected chi connectivity index (χ3v) is 5.63. The predicted molar refractivity (Wildman–Crippen MR) is 125 cm³/mol. The van der Waals surface area contributed by atoms with Gasteiger partial charge in [0.2, 0.25) is 11.8 Å². The van der Waals surface area contributed by atoms with Crippen LogP contribution < -0.4 is 10.1 Å². The lowest BCUT2D eigenvalue weighted by Crippen LogP contribution is -2.17. The number of esters is 1. The lowest BCUT2D eigenvalue weighted by atomic mass is 10.0. The molecule has 1 aliphatic carbocycles. The number of aryl methyl sites for hydroxylation is 2. The molecule has 0 atom stereocenters. The number of rotatable bonds is 6. The summed E-state index contributed by atoms with van der Waals surface area (Å²) in [4.78, 5) is 24.1. The van der Waals surface area contributed by atoms with Gasteiger partial charge in [0.05, 0.1) is 16.9 Å². The van der Waals surface area contributed by atoms with Gasteiger partial charge in [0, 0.05) is 24.4 Å². The molecule has 166 valence electrons. The Bertz CT molecular complexity index is 1170. The van der Waals surface area contributed by atoms with Crippen molar-refractivity contribution in [2.45, 2.75) is 53.4 Å². The van der Waals surface area contributed by atoms with Crippen molar-refractivity contribution in [3.05, 3.63) is 59.3 Å². The van der Waals surface area contributed by atoms with E-state index in [-0.39, 0.29) is 17.8 Å². The van der Waals surface area contributed by atoms with E-state index in [0.29, 0.717) is 11.8 Å². The maximum Gasteiger partial charge on any atom is 0.309 e. The second-order valence-corrected chi connectivity index (χ2v) is 8.86. The molecule has 0 radical (unpaired) electrons. The molecule has 0 saturated heterocycles. The number of hydrogen-bond donors (Lipinski definition) is 1. The molecule has 1 saturated carbocycles. The van der Waals surface area contributed by atoms with Crippen molar-refractivity contribution in [2.24, 2.45) is 5.92 Å². The van der Waals surface area contributed by atoms with Gasteiger partial charge in [-0.1, -0.05) is 38.1 Å². The molecule has 6 heteroatoms. The third-order valence-electron chi connectivity index (χ3n) is 5.63. The minimum absolute atomic E-state index is 0.0280. The van der Waals surface area contributed by atoms with E-state index in [2.05, 4.69) is 17.4 Å². The molecule has 4 rings (SSSR count). The van der Waals surface area contributed by atoms with E-state index >= 15 is 0 Å². The first kappa shape index (κ1) is 21.8. The van der Waals surface area contributed by atoms with Crippen LogP contribution in [0.25, 0.3) is 16.8 Å². The van der Waals surface area contributed by atoms with Crippen LogP contribution in [0.15, 0.2) is 42.5 Å². The Morgan fingerprint density at radius 2 is 1.78 bits per heavy atom. The van der Waals surface area contributed by atoms with Crippen molar-refractivity contribution in [1.82, 2.24) is 9.78 Å². The Kier molecular flexibility index (Phi) is 5.87. The van der Waals surface area contributed by atoms with E-state index in [4.69, 9.17) is 9.84 Å². The van der Waals surface area contributed by atoms with Crippen molar-refractivity contribution < 1.29 is 14.3 Å². The van der Waals surface area contributed by atoms with Gasteiger partial charge in [0.25, 0.3) is 0 Å². The number of amides is 1. The van der Waals surface area contributed by atoms with E-state index in [9.17, 15) is 9.59 Å². The van der Waals surface area contributed by atoms with Crippen LogP contribution in [0.5, 0.6) is 5.88 Å². The summed E-state index contributed by atoms with van der Waals surface area (Å²) < 4.78 is 7.52. The van der Waals surface area contributed by atoms with E-state index in [1.807, 2.05) is 58.0 Å². The summed E-state index contributed by atoms with van der Waals surface area (Å²) >= 11 is 0. The molecular formula is C26H29N3O3. The van der Waals surface area contributed by atoms with Crippen LogP contribution in [-0.4, -0.2) is 21.7 Å². The summed E-state index contributed by atoms with van der Waals surface area (Å²) in [6.07, 6.45) is 2.14. The topological polar surface area (TPSA) is 73.2 Å². The van der Waals surface area contributed by atoms with Crippen LogP contribution in [-0.2, 0) is 9.59 Å². The fraction of sp³-hybridized carbons (Fsp3) is 0.346. The van der Waals surface area contributed by atoms with Gasteiger partial charge in [-0.05, 0) is 61.6 Å². The molecule has 3 aromatic rings. The third kappa shape index (κ3) is 4.44. The fourth-order valence-corrected chi connectivity index (χ4v) is 3.68. The van der Waals surface area contributed by atoms with Crippen molar-refractivity contribution in [1.29, 1.82) is 0 Å². The molecular weight excluding hydrogens is 402 g/mol. The Morgan fingerprint density at radius 1 is 1.09 bits per heavy atom. The Hall–Kier alpha value is -3.41. The highest BCUT2D eigenvalue weighted by molar-refractivity contribution is 5.92. The lowest BCUT2D eigenvalue weighted by Gasteiger charge is -2.12. The zero-order valence-corrected chi connectivity index (χ0v) is 19.2. The first-order chi connectivity index (χ1) is 15.2. The molecule has 32 heavy (non-hydrogen) atoms. The van der Waals surface area contributed by atoms with Gasteiger partial charge in [0.1, 0.15) is 0 Å². The number of nitrogens with zero attached hydrogens (tertiary/aromatic N) is 2. The summed E-state index contributed by atoms with van der Waals surface area (Å²) in [7, 11) is 0. The minimum Gasteiger partial charge on any atom is -0.407 e. The number of carbonyl (C=O) groups excluding carboxylic acids is 2. The van der Waals surface area contributed by atoms with Gasteiger partial charge in [-0.15, -0.1) is 0 Å². The molecule has 1 aromatic heterocycles. The molecule has 1 heterocycles. The number of aromatic nitrogens is 2. The van der Waals surface area contributed by atoms with E-state index < -0.39 is 0 Å². The standard InChI is InChI=1S/C26H29N3O3/c1-15(2)25(31)27-21-12-10-19(11-13-21)23-24(20-8-9-20)28-29(26(23)32-18(5)30)22-14-16(3)6-7-17(22)4/h6-7,10-15,20H,8-9H2,1-5H3,(H,27,31). The van der Waals surface area contributed by atoms with Gasteiger partial charge in [-0.3, -0.25) is 9.59 Å².